The van der Waals surface area contributed by atoms with Crippen molar-refractivity contribution in [1.82, 2.24) is 9.21 Å². The van der Waals surface area contributed by atoms with Crippen LogP contribution in [0.5, 0.6) is 0 Å². The molecule has 0 aliphatic carbocycles. The predicted molar refractivity (Wildman–Crippen MR) is 133 cm³/mol. The molecule has 200 valence electrons. The molecule has 2 fully saturated rings. The van der Waals surface area contributed by atoms with Gasteiger partial charge in [-0.25, -0.2) is 8.42 Å². The van der Waals surface area contributed by atoms with E-state index in [1.54, 1.807) is 29.6 Å². The topological polar surface area (TPSA) is 73.3 Å². The zero-order valence-electron chi connectivity index (χ0n) is 20.5. The monoisotopic (exact) mass is 547 g/mol. The molecule has 4 rings (SSSR count). The Bertz CT molecular complexity index is 1140. The molecule has 0 saturated carbocycles. The van der Waals surface area contributed by atoms with Gasteiger partial charge in [0, 0.05) is 45.0 Å². The molecule has 2 saturated heterocycles. The number of ether oxygens (including phenoxy) is 1. The molecule has 2 aliphatic heterocycles. The lowest BCUT2D eigenvalue weighted by molar-refractivity contribution is -0.258. The molecule has 2 aromatic rings. The van der Waals surface area contributed by atoms with Crippen LogP contribution >= 0.6 is 11.3 Å². The molecule has 2 atom stereocenters. The van der Waals surface area contributed by atoms with Gasteiger partial charge in [0.25, 0.3) is 10.0 Å². The second-order valence-corrected chi connectivity index (χ2v) is 13.2. The summed E-state index contributed by atoms with van der Waals surface area (Å²) in [5, 5.41) is 11.8. The first-order valence-corrected chi connectivity index (χ1v) is 14.1. The maximum absolute atomic E-state index is 13.3. The molecule has 0 amide bonds. The summed E-state index contributed by atoms with van der Waals surface area (Å²) >= 11 is 1.18. The fourth-order valence-corrected chi connectivity index (χ4v) is 7.40. The Balaban J connectivity index is 1.60. The Morgan fingerprint density at radius 2 is 1.83 bits per heavy atom. The minimum Gasteiger partial charge on any atom is -0.376 e. The molecule has 1 N–H and O–H groups in total. The summed E-state index contributed by atoms with van der Waals surface area (Å²) in [4.78, 5) is 4.29. The summed E-state index contributed by atoms with van der Waals surface area (Å²) in [6.45, 7) is 8.18. The van der Waals surface area contributed by atoms with Crippen molar-refractivity contribution in [3.8, 4) is 0 Å². The maximum Gasteiger partial charge on any atom is 0.421 e. The van der Waals surface area contributed by atoms with Crippen molar-refractivity contribution in [3.05, 3.63) is 47.3 Å². The van der Waals surface area contributed by atoms with Crippen molar-refractivity contribution >= 4 is 27.0 Å². The first-order valence-electron chi connectivity index (χ1n) is 11.8. The van der Waals surface area contributed by atoms with E-state index < -0.39 is 21.8 Å². The van der Waals surface area contributed by atoms with E-state index in [0.717, 1.165) is 6.92 Å². The minimum atomic E-state index is -4.80. The summed E-state index contributed by atoms with van der Waals surface area (Å²) in [5.41, 5.74) is -2.85. The average molecular weight is 548 g/mol. The van der Waals surface area contributed by atoms with Gasteiger partial charge in [-0.2, -0.15) is 17.5 Å². The molecule has 36 heavy (non-hydrogen) atoms. The van der Waals surface area contributed by atoms with Gasteiger partial charge in [0.15, 0.2) is 5.60 Å². The lowest BCUT2D eigenvalue weighted by Gasteiger charge is -2.46. The fraction of sp³-hybridized carbons (Fsp3) is 0.583. The van der Waals surface area contributed by atoms with Gasteiger partial charge in [0.1, 0.15) is 4.21 Å². The third-order valence-electron chi connectivity index (χ3n) is 6.82. The predicted octanol–water partition coefficient (Wildman–Crippen LogP) is 3.51. The minimum absolute atomic E-state index is 0.226. The zero-order valence-corrected chi connectivity index (χ0v) is 22.2. The molecule has 2 aliphatic rings. The van der Waals surface area contributed by atoms with Gasteiger partial charge in [0.05, 0.1) is 18.2 Å². The molecule has 0 radical (unpaired) electrons. The number of halogens is 3. The highest BCUT2D eigenvalue weighted by atomic mass is 32.2. The van der Waals surface area contributed by atoms with Crippen LogP contribution < -0.4 is 4.90 Å². The SMILES string of the molecule is CC1(C)CN(C[C@H]2CN(S(=O)(=O)c3cccs3)CCN2c2ccc([C@@](C)(O)C(F)(F)F)cc2)CCO1. The molecule has 7 nitrogen and oxygen atoms in total. The number of piperazine rings is 1. The van der Waals surface area contributed by atoms with Crippen LogP contribution in [0.3, 0.4) is 0 Å². The van der Waals surface area contributed by atoms with Gasteiger partial charge in [-0.3, -0.25) is 4.90 Å². The van der Waals surface area contributed by atoms with E-state index in [1.165, 1.54) is 27.8 Å². The van der Waals surface area contributed by atoms with Crippen molar-refractivity contribution in [1.29, 1.82) is 0 Å². The summed E-state index contributed by atoms with van der Waals surface area (Å²) in [6, 6.07) is 8.77. The van der Waals surface area contributed by atoms with Crippen LogP contribution in [0.4, 0.5) is 18.9 Å². The molecular formula is C24H32F3N3O4S2. The number of rotatable bonds is 6. The highest BCUT2D eigenvalue weighted by molar-refractivity contribution is 7.91. The zero-order chi connectivity index (χ0) is 26.4. The number of hydrogen-bond donors (Lipinski definition) is 1. The smallest absolute Gasteiger partial charge is 0.376 e. The molecule has 1 aromatic heterocycles. The number of thiophene rings is 1. The number of hydrogen-bond acceptors (Lipinski definition) is 7. The Kier molecular flexibility index (Phi) is 7.50. The van der Waals surface area contributed by atoms with E-state index in [4.69, 9.17) is 4.74 Å². The second kappa shape index (κ2) is 9.88. The molecule has 12 heteroatoms. The third kappa shape index (κ3) is 5.58. The standard InChI is InChI=1S/C24H32F3N3O4S2/c1-22(2)17-28(12-13-34-22)15-20-16-29(36(32,33)21-5-4-14-35-21)10-11-30(20)19-8-6-18(7-9-19)23(3,31)24(25,26)27/h4-9,14,20,31H,10-13,15-17H2,1-3H3/t20-,23+/m0/s1. The summed E-state index contributed by atoms with van der Waals surface area (Å²) in [5.74, 6) is 0. The van der Waals surface area contributed by atoms with Crippen LogP contribution in [0.15, 0.2) is 46.0 Å². The van der Waals surface area contributed by atoms with Gasteiger partial charge in [-0.15, -0.1) is 11.3 Å². The quantitative estimate of drug-likeness (QED) is 0.597. The fourth-order valence-electron chi connectivity index (χ4n) is 4.79. The van der Waals surface area contributed by atoms with Gasteiger partial charge in [0.2, 0.25) is 0 Å². The molecule has 0 unspecified atom stereocenters. The van der Waals surface area contributed by atoms with Crippen LogP contribution in [0.25, 0.3) is 0 Å². The average Bonchev–Trinajstić information content (AvgIpc) is 3.34. The normalized spacial score (nSPS) is 24.0. The Morgan fingerprint density at radius 1 is 1.14 bits per heavy atom. The number of aliphatic hydroxyl groups is 1. The van der Waals surface area contributed by atoms with E-state index in [0.29, 0.717) is 42.7 Å². The van der Waals surface area contributed by atoms with Crippen LogP contribution in [-0.2, 0) is 20.4 Å². The van der Waals surface area contributed by atoms with E-state index in [-0.39, 0.29) is 30.3 Å². The first-order chi connectivity index (χ1) is 16.7. The number of sulfonamides is 1. The summed E-state index contributed by atoms with van der Waals surface area (Å²) < 4.78 is 73.9. The molecule has 0 spiro atoms. The van der Waals surface area contributed by atoms with E-state index >= 15 is 0 Å². The Morgan fingerprint density at radius 3 is 2.42 bits per heavy atom. The van der Waals surface area contributed by atoms with Crippen molar-refractivity contribution in [2.45, 2.75) is 48.4 Å². The van der Waals surface area contributed by atoms with Crippen molar-refractivity contribution in [2.75, 3.05) is 50.8 Å². The summed E-state index contributed by atoms with van der Waals surface area (Å²) in [6.07, 6.45) is -4.80. The highest BCUT2D eigenvalue weighted by Gasteiger charge is 2.51. The van der Waals surface area contributed by atoms with Gasteiger partial charge < -0.3 is 14.7 Å². The van der Waals surface area contributed by atoms with E-state index in [9.17, 15) is 26.7 Å². The lowest BCUT2D eigenvalue weighted by Crippen LogP contribution is -2.60. The lowest BCUT2D eigenvalue weighted by atomic mass is 9.95. The number of morpholine rings is 1. The van der Waals surface area contributed by atoms with Crippen molar-refractivity contribution in [2.24, 2.45) is 0 Å². The molecule has 0 bridgehead atoms. The molecular weight excluding hydrogens is 515 g/mol. The second-order valence-electron chi connectivity index (χ2n) is 10.1. The number of alkyl halides is 3. The number of benzene rings is 1. The number of anilines is 1. The van der Waals surface area contributed by atoms with Crippen LogP contribution in [0.2, 0.25) is 0 Å². The molecule has 1 aromatic carbocycles. The van der Waals surface area contributed by atoms with Gasteiger partial charge >= 0.3 is 6.18 Å². The highest BCUT2D eigenvalue weighted by Crippen LogP contribution is 2.39. The van der Waals surface area contributed by atoms with Crippen molar-refractivity contribution < 1.29 is 31.4 Å². The van der Waals surface area contributed by atoms with E-state index in [1.807, 2.05) is 13.8 Å². The Hall–Kier alpha value is -1.70. The first kappa shape index (κ1) is 27.3. The van der Waals surface area contributed by atoms with Crippen molar-refractivity contribution in [3.63, 3.8) is 0 Å². The van der Waals surface area contributed by atoms with Gasteiger partial charge in [-0.05, 0) is 49.9 Å². The van der Waals surface area contributed by atoms with Crippen LogP contribution in [0, 0.1) is 0 Å². The largest absolute Gasteiger partial charge is 0.421 e. The Labute approximate surface area is 214 Å². The van der Waals surface area contributed by atoms with Crippen LogP contribution in [0.1, 0.15) is 26.3 Å². The third-order valence-corrected chi connectivity index (χ3v) is 10.1. The maximum atomic E-state index is 13.3. The summed E-state index contributed by atoms with van der Waals surface area (Å²) in [7, 11) is -3.64. The van der Waals surface area contributed by atoms with E-state index in [2.05, 4.69) is 9.80 Å². The molecule has 3 heterocycles. The van der Waals surface area contributed by atoms with Crippen LogP contribution in [-0.4, -0.2) is 86.4 Å². The number of nitrogens with zero attached hydrogens (tertiary/aromatic N) is 3. The van der Waals surface area contributed by atoms with Gasteiger partial charge in [-0.1, -0.05) is 18.2 Å².